The molecule has 2 aromatic rings. The molecule has 0 aliphatic carbocycles. The van der Waals surface area contributed by atoms with Gasteiger partial charge in [-0.15, -0.1) is 0 Å². The van der Waals surface area contributed by atoms with E-state index in [0.29, 0.717) is 16.8 Å². The van der Waals surface area contributed by atoms with Crippen LogP contribution >= 0.6 is 7.60 Å². The first-order valence-corrected chi connectivity index (χ1v) is 10.9. The van der Waals surface area contributed by atoms with Gasteiger partial charge in [-0.1, -0.05) is 18.2 Å². The summed E-state index contributed by atoms with van der Waals surface area (Å²) in [6.45, 7) is 8.65. The number of hydrogen-bond donors (Lipinski definition) is 2. The number of aryl methyl sites for hydroxylation is 1. The van der Waals surface area contributed by atoms with E-state index in [4.69, 9.17) is 9.05 Å². The van der Waals surface area contributed by atoms with Crippen LogP contribution in [0, 0.1) is 17.0 Å². The molecule has 1 unspecified atom stereocenters. The minimum absolute atomic E-state index is 0.0520. The van der Waals surface area contributed by atoms with Crippen LogP contribution in [0.25, 0.3) is 0 Å². The van der Waals surface area contributed by atoms with Crippen molar-refractivity contribution in [1.29, 1.82) is 0 Å². The molecule has 0 saturated carbocycles. The van der Waals surface area contributed by atoms with Crippen LogP contribution in [0.2, 0.25) is 0 Å². The molecule has 1 atom stereocenters. The first-order valence-electron chi connectivity index (χ1n) is 9.29. The lowest BCUT2D eigenvalue weighted by atomic mass is 10.1. The van der Waals surface area contributed by atoms with E-state index in [1.165, 1.54) is 18.2 Å². The SMILES string of the molecule is Cc1ccc(NC(c2ccc(O)cc2)P(=O)(OC(C)C)OC(C)C)cc1[N+](=O)[O-]. The van der Waals surface area contributed by atoms with Crippen molar-refractivity contribution in [3.05, 3.63) is 63.7 Å². The Morgan fingerprint density at radius 2 is 1.59 bits per heavy atom. The Kier molecular flexibility index (Phi) is 7.41. The van der Waals surface area contributed by atoms with E-state index in [2.05, 4.69) is 5.32 Å². The fraction of sp³-hybridized carbons (Fsp3) is 0.400. The van der Waals surface area contributed by atoms with Gasteiger partial charge in [0, 0.05) is 17.3 Å². The Morgan fingerprint density at radius 3 is 2.07 bits per heavy atom. The van der Waals surface area contributed by atoms with Crippen LogP contribution in [0.3, 0.4) is 0 Å². The van der Waals surface area contributed by atoms with Crippen molar-refractivity contribution in [3.63, 3.8) is 0 Å². The third-order valence-electron chi connectivity index (χ3n) is 3.95. The first-order chi connectivity index (χ1) is 13.5. The van der Waals surface area contributed by atoms with E-state index in [-0.39, 0.29) is 23.6 Å². The van der Waals surface area contributed by atoms with Gasteiger partial charge >= 0.3 is 7.60 Å². The highest BCUT2D eigenvalue weighted by Crippen LogP contribution is 2.62. The number of rotatable bonds is 9. The zero-order valence-corrected chi connectivity index (χ0v) is 18.1. The highest BCUT2D eigenvalue weighted by Gasteiger charge is 2.39. The highest BCUT2D eigenvalue weighted by atomic mass is 31.2. The van der Waals surface area contributed by atoms with E-state index in [1.807, 2.05) is 0 Å². The second-order valence-electron chi connectivity index (χ2n) is 7.24. The Hall–Kier alpha value is -2.41. The molecule has 0 aliphatic heterocycles. The standard InChI is InChI=1S/C20H27N2O6P/c1-13(2)27-29(26,28-14(3)4)20(16-7-10-18(23)11-8-16)21-17-9-6-15(5)19(12-17)22(24)25/h6-14,20-21,23H,1-5H3. The lowest BCUT2D eigenvalue weighted by Gasteiger charge is -2.31. The van der Waals surface area contributed by atoms with Gasteiger partial charge in [-0.05, 0) is 58.4 Å². The van der Waals surface area contributed by atoms with Gasteiger partial charge < -0.3 is 19.5 Å². The lowest BCUT2D eigenvalue weighted by Crippen LogP contribution is -2.19. The molecule has 8 nitrogen and oxygen atoms in total. The second kappa shape index (κ2) is 9.39. The number of phenolic OH excluding ortho intramolecular Hbond substituents is 1. The Labute approximate surface area is 170 Å². The Morgan fingerprint density at radius 1 is 1.03 bits per heavy atom. The molecule has 2 aromatic carbocycles. The van der Waals surface area contributed by atoms with Crippen molar-refractivity contribution >= 4 is 19.0 Å². The van der Waals surface area contributed by atoms with Crippen LogP contribution in [-0.2, 0) is 13.6 Å². The molecule has 2 N–H and O–H groups in total. The summed E-state index contributed by atoms with van der Waals surface area (Å²) in [5, 5.41) is 24.0. The van der Waals surface area contributed by atoms with Gasteiger partial charge in [0.1, 0.15) is 5.75 Å². The zero-order valence-electron chi connectivity index (χ0n) is 17.2. The fourth-order valence-corrected chi connectivity index (χ4v) is 5.10. The minimum Gasteiger partial charge on any atom is -0.508 e. The van der Waals surface area contributed by atoms with E-state index in [9.17, 15) is 19.8 Å². The number of nitro benzene ring substituents is 1. The van der Waals surface area contributed by atoms with E-state index < -0.39 is 18.3 Å². The smallest absolute Gasteiger partial charge is 0.357 e. The van der Waals surface area contributed by atoms with E-state index in [0.717, 1.165) is 0 Å². The van der Waals surface area contributed by atoms with Gasteiger partial charge in [0.15, 0.2) is 5.78 Å². The van der Waals surface area contributed by atoms with Gasteiger partial charge in [-0.25, -0.2) is 0 Å². The number of hydrogen-bond acceptors (Lipinski definition) is 7. The molecule has 9 heteroatoms. The molecule has 0 amide bonds. The summed E-state index contributed by atoms with van der Waals surface area (Å²) in [6, 6.07) is 10.8. The number of benzene rings is 2. The van der Waals surface area contributed by atoms with Crippen LogP contribution in [0.5, 0.6) is 5.75 Å². The Bertz CT molecular complexity index is 884. The molecule has 0 fully saturated rings. The topological polar surface area (TPSA) is 111 Å². The molecular weight excluding hydrogens is 395 g/mol. The molecule has 0 bridgehead atoms. The van der Waals surface area contributed by atoms with Gasteiger partial charge in [-0.3, -0.25) is 14.7 Å². The van der Waals surface area contributed by atoms with Crippen LogP contribution in [-0.4, -0.2) is 22.2 Å². The van der Waals surface area contributed by atoms with Crippen molar-refractivity contribution < 1.29 is 23.6 Å². The highest BCUT2D eigenvalue weighted by molar-refractivity contribution is 7.54. The third-order valence-corrected chi connectivity index (χ3v) is 6.44. The maximum absolute atomic E-state index is 13.8. The summed E-state index contributed by atoms with van der Waals surface area (Å²) in [4.78, 5) is 10.8. The van der Waals surface area contributed by atoms with Crippen LogP contribution < -0.4 is 5.32 Å². The normalized spacial score (nSPS) is 12.9. The van der Waals surface area contributed by atoms with Gasteiger partial charge in [-0.2, -0.15) is 0 Å². The maximum Gasteiger partial charge on any atom is 0.357 e. The Balaban J connectivity index is 2.55. The summed E-state index contributed by atoms with van der Waals surface area (Å²) < 4.78 is 25.3. The van der Waals surface area contributed by atoms with Crippen molar-refractivity contribution in [2.24, 2.45) is 0 Å². The lowest BCUT2D eigenvalue weighted by molar-refractivity contribution is -0.385. The molecule has 2 rings (SSSR count). The van der Waals surface area contributed by atoms with Crippen LogP contribution in [0.4, 0.5) is 11.4 Å². The number of nitrogens with zero attached hydrogens (tertiary/aromatic N) is 1. The summed E-state index contributed by atoms with van der Waals surface area (Å²) in [5.74, 6) is -0.877. The second-order valence-corrected chi connectivity index (χ2v) is 9.26. The molecule has 0 spiro atoms. The maximum atomic E-state index is 13.8. The van der Waals surface area contributed by atoms with Gasteiger partial charge in [0.05, 0.1) is 17.1 Å². The fourth-order valence-electron chi connectivity index (χ4n) is 2.79. The molecule has 29 heavy (non-hydrogen) atoms. The number of anilines is 1. The summed E-state index contributed by atoms with van der Waals surface area (Å²) in [7, 11) is -3.76. The predicted octanol–water partition coefficient (Wildman–Crippen LogP) is 5.76. The van der Waals surface area contributed by atoms with Gasteiger partial charge in [0.2, 0.25) is 0 Å². The summed E-state index contributed by atoms with van der Waals surface area (Å²) in [6.07, 6.45) is -0.762. The van der Waals surface area contributed by atoms with Crippen molar-refractivity contribution in [2.45, 2.75) is 52.6 Å². The van der Waals surface area contributed by atoms with Crippen LogP contribution in [0.15, 0.2) is 42.5 Å². The van der Waals surface area contributed by atoms with Crippen molar-refractivity contribution in [1.82, 2.24) is 0 Å². The molecule has 0 radical (unpaired) electrons. The van der Waals surface area contributed by atoms with E-state index in [1.54, 1.807) is 58.9 Å². The number of nitro groups is 1. The number of nitrogens with one attached hydrogen (secondary N) is 1. The molecule has 0 aromatic heterocycles. The minimum atomic E-state index is -3.76. The summed E-state index contributed by atoms with van der Waals surface area (Å²) >= 11 is 0. The molecule has 0 aliphatic rings. The van der Waals surface area contributed by atoms with Gasteiger partial charge in [0.25, 0.3) is 5.69 Å². The predicted molar refractivity (Wildman–Crippen MR) is 112 cm³/mol. The average Bonchev–Trinajstić information content (AvgIpc) is 2.60. The summed E-state index contributed by atoms with van der Waals surface area (Å²) in [5.41, 5.74) is 1.42. The monoisotopic (exact) mass is 422 g/mol. The number of aromatic hydroxyl groups is 1. The average molecular weight is 422 g/mol. The van der Waals surface area contributed by atoms with Crippen LogP contribution in [0.1, 0.15) is 44.6 Å². The molecule has 158 valence electrons. The molecular formula is C20H27N2O6P. The quantitative estimate of drug-likeness (QED) is 0.300. The molecule has 0 saturated heterocycles. The zero-order chi connectivity index (χ0) is 21.8. The number of phenols is 1. The van der Waals surface area contributed by atoms with Crippen molar-refractivity contribution in [3.8, 4) is 5.75 Å². The molecule has 0 heterocycles. The van der Waals surface area contributed by atoms with Crippen molar-refractivity contribution in [2.75, 3.05) is 5.32 Å². The van der Waals surface area contributed by atoms with E-state index >= 15 is 0 Å². The first kappa shape index (κ1) is 22.9. The largest absolute Gasteiger partial charge is 0.508 e. The third kappa shape index (κ3) is 6.03.